The van der Waals surface area contributed by atoms with Gasteiger partial charge < -0.3 is 9.84 Å². The standard InChI is InChI=1S/C8H10O3/c1-3-5(2)8-6(9)4-7(10)11-8/h3-5,8-9H,1H2,2H3. The summed E-state index contributed by atoms with van der Waals surface area (Å²) in [4.78, 5) is 10.6. The van der Waals surface area contributed by atoms with Crippen LogP contribution in [0.25, 0.3) is 0 Å². The van der Waals surface area contributed by atoms with Crippen LogP contribution in [0.3, 0.4) is 0 Å². The van der Waals surface area contributed by atoms with E-state index in [0.29, 0.717) is 0 Å². The number of aliphatic hydroxyl groups is 1. The summed E-state index contributed by atoms with van der Waals surface area (Å²) in [5, 5.41) is 9.13. The number of carbonyl (C=O) groups excluding carboxylic acids is 1. The molecule has 60 valence electrons. The smallest absolute Gasteiger partial charge is 0.335 e. The summed E-state index contributed by atoms with van der Waals surface area (Å²) >= 11 is 0. The molecule has 0 fully saturated rings. The van der Waals surface area contributed by atoms with Crippen LogP contribution in [0.5, 0.6) is 0 Å². The number of hydrogen-bond donors (Lipinski definition) is 1. The van der Waals surface area contributed by atoms with Crippen molar-refractivity contribution in [3.63, 3.8) is 0 Å². The van der Waals surface area contributed by atoms with Gasteiger partial charge in [0.15, 0.2) is 6.10 Å². The van der Waals surface area contributed by atoms with E-state index in [1.165, 1.54) is 0 Å². The van der Waals surface area contributed by atoms with Gasteiger partial charge in [-0.15, -0.1) is 6.58 Å². The molecule has 11 heavy (non-hydrogen) atoms. The predicted octanol–water partition coefficient (Wildman–Crippen LogP) is 1.18. The highest BCUT2D eigenvalue weighted by Gasteiger charge is 2.29. The van der Waals surface area contributed by atoms with Crippen LogP contribution in [0, 0.1) is 5.92 Å². The van der Waals surface area contributed by atoms with Crippen LogP contribution in [0.1, 0.15) is 6.92 Å². The number of hydrogen-bond acceptors (Lipinski definition) is 3. The van der Waals surface area contributed by atoms with Gasteiger partial charge in [-0.2, -0.15) is 0 Å². The normalized spacial score (nSPS) is 25.7. The Morgan fingerprint density at radius 3 is 2.91 bits per heavy atom. The second-order valence-corrected chi connectivity index (χ2v) is 2.52. The molecule has 1 heterocycles. The Morgan fingerprint density at radius 1 is 1.91 bits per heavy atom. The van der Waals surface area contributed by atoms with Crippen molar-refractivity contribution in [2.45, 2.75) is 13.0 Å². The lowest BCUT2D eigenvalue weighted by Gasteiger charge is -2.14. The van der Waals surface area contributed by atoms with Gasteiger partial charge >= 0.3 is 5.97 Å². The lowest BCUT2D eigenvalue weighted by Crippen LogP contribution is -2.19. The molecule has 2 atom stereocenters. The molecule has 3 nitrogen and oxygen atoms in total. The van der Waals surface area contributed by atoms with Crippen molar-refractivity contribution in [2.75, 3.05) is 0 Å². The third-order valence-electron chi connectivity index (χ3n) is 1.65. The zero-order chi connectivity index (χ0) is 8.43. The van der Waals surface area contributed by atoms with Gasteiger partial charge in [0.05, 0.1) is 6.08 Å². The first kappa shape index (κ1) is 7.85. The number of cyclic esters (lactones) is 1. The maximum atomic E-state index is 10.6. The highest BCUT2D eigenvalue weighted by molar-refractivity contribution is 5.85. The molecule has 0 bridgehead atoms. The van der Waals surface area contributed by atoms with Crippen LogP contribution in [0.15, 0.2) is 24.5 Å². The van der Waals surface area contributed by atoms with Crippen molar-refractivity contribution in [3.05, 3.63) is 24.5 Å². The first-order chi connectivity index (χ1) is 5.15. The predicted molar refractivity (Wildman–Crippen MR) is 40.0 cm³/mol. The van der Waals surface area contributed by atoms with Gasteiger partial charge in [0.1, 0.15) is 5.76 Å². The second-order valence-electron chi connectivity index (χ2n) is 2.52. The van der Waals surface area contributed by atoms with E-state index in [-0.39, 0.29) is 11.7 Å². The summed E-state index contributed by atoms with van der Waals surface area (Å²) in [6.07, 6.45) is 2.19. The Balaban J connectivity index is 2.70. The number of esters is 1. The lowest BCUT2D eigenvalue weighted by molar-refractivity contribution is -0.140. The largest absolute Gasteiger partial charge is 0.508 e. The van der Waals surface area contributed by atoms with Gasteiger partial charge in [-0.1, -0.05) is 13.0 Å². The molecule has 1 rings (SSSR count). The quantitative estimate of drug-likeness (QED) is 0.479. The Labute approximate surface area is 65.0 Å². The van der Waals surface area contributed by atoms with E-state index < -0.39 is 12.1 Å². The third kappa shape index (κ3) is 1.42. The van der Waals surface area contributed by atoms with E-state index >= 15 is 0 Å². The van der Waals surface area contributed by atoms with E-state index in [4.69, 9.17) is 9.84 Å². The molecule has 1 aliphatic heterocycles. The number of carbonyl (C=O) groups is 1. The van der Waals surface area contributed by atoms with Crippen LogP contribution < -0.4 is 0 Å². The Bertz CT molecular complexity index is 217. The molecule has 0 radical (unpaired) electrons. The fourth-order valence-corrected chi connectivity index (χ4v) is 0.923. The van der Waals surface area contributed by atoms with Crippen molar-refractivity contribution < 1.29 is 14.6 Å². The van der Waals surface area contributed by atoms with E-state index in [1.54, 1.807) is 6.08 Å². The Kier molecular flexibility index (Phi) is 1.98. The summed E-state index contributed by atoms with van der Waals surface area (Å²) in [6.45, 7) is 5.35. The molecule has 0 spiro atoms. The Morgan fingerprint density at radius 2 is 2.55 bits per heavy atom. The molecule has 1 N–H and O–H groups in total. The van der Waals surface area contributed by atoms with Crippen molar-refractivity contribution in [1.29, 1.82) is 0 Å². The number of rotatable bonds is 2. The molecule has 0 saturated heterocycles. The number of aliphatic hydroxyl groups excluding tert-OH is 1. The average Bonchev–Trinajstić information content (AvgIpc) is 2.28. The van der Waals surface area contributed by atoms with Gasteiger partial charge in [-0.05, 0) is 0 Å². The summed E-state index contributed by atoms with van der Waals surface area (Å²) in [5.74, 6) is -0.540. The molecular weight excluding hydrogens is 144 g/mol. The minimum absolute atomic E-state index is 0.0117. The van der Waals surface area contributed by atoms with Crippen LogP contribution >= 0.6 is 0 Å². The molecule has 0 aromatic heterocycles. The maximum absolute atomic E-state index is 10.6. The van der Waals surface area contributed by atoms with E-state index in [9.17, 15) is 4.79 Å². The molecule has 0 amide bonds. The second kappa shape index (κ2) is 2.78. The van der Waals surface area contributed by atoms with Gasteiger partial charge in [0.2, 0.25) is 0 Å². The molecule has 0 aliphatic carbocycles. The topological polar surface area (TPSA) is 46.5 Å². The van der Waals surface area contributed by atoms with Gasteiger partial charge in [-0.25, -0.2) is 4.79 Å². The Hall–Kier alpha value is -1.25. The summed E-state index contributed by atoms with van der Waals surface area (Å²) in [6, 6.07) is 0. The molecule has 1 aliphatic rings. The molecule has 0 aromatic carbocycles. The van der Waals surface area contributed by atoms with Gasteiger partial charge in [-0.3, -0.25) is 0 Å². The van der Waals surface area contributed by atoms with Crippen LogP contribution in [0.4, 0.5) is 0 Å². The lowest BCUT2D eigenvalue weighted by atomic mass is 10.0. The summed E-state index contributed by atoms with van der Waals surface area (Å²) < 4.78 is 4.77. The van der Waals surface area contributed by atoms with Crippen LogP contribution in [-0.4, -0.2) is 17.2 Å². The van der Waals surface area contributed by atoms with Gasteiger partial charge in [0.25, 0.3) is 0 Å². The van der Waals surface area contributed by atoms with Crippen LogP contribution in [-0.2, 0) is 9.53 Å². The fourth-order valence-electron chi connectivity index (χ4n) is 0.923. The molecule has 0 aromatic rings. The molecule has 3 heteroatoms. The molecule has 0 saturated carbocycles. The van der Waals surface area contributed by atoms with Crippen molar-refractivity contribution >= 4 is 5.97 Å². The average molecular weight is 154 g/mol. The van der Waals surface area contributed by atoms with Crippen molar-refractivity contribution in [3.8, 4) is 0 Å². The van der Waals surface area contributed by atoms with Gasteiger partial charge in [0, 0.05) is 5.92 Å². The molecule has 2 unspecified atom stereocenters. The molecular formula is C8H10O3. The van der Waals surface area contributed by atoms with Crippen molar-refractivity contribution in [2.24, 2.45) is 5.92 Å². The summed E-state index contributed by atoms with van der Waals surface area (Å²) in [5.41, 5.74) is 0. The maximum Gasteiger partial charge on any atom is 0.335 e. The van der Waals surface area contributed by atoms with Crippen molar-refractivity contribution in [1.82, 2.24) is 0 Å². The first-order valence-electron chi connectivity index (χ1n) is 3.39. The van der Waals surface area contributed by atoms with E-state index in [2.05, 4.69) is 6.58 Å². The van der Waals surface area contributed by atoms with Crippen LogP contribution in [0.2, 0.25) is 0 Å². The summed E-state index contributed by atoms with van der Waals surface area (Å²) in [7, 11) is 0. The third-order valence-corrected chi connectivity index (χ3v) is 1.65. The number of ether oxygens (including phenoxy) is 1. The van der Waals surface area contributed by atoms with E-state index in [0.717, 1.165) is 6.08 Å². The zero-order valence-electron chi connectivity index (χ0n) is 6.28. The minimum atomic E-state index is -0.528. The van der Waals surface area contributed by atoms with E-state index in [1.807, 2.05) is 6.92 Å². The highest BCUT2D eigenvalue weighted by Crippen LogP contribution is 2.20. The zero-order valence-corrected chi connectivity index (χ0v) is 6.28. The minimum Gasteiger partial charge on any atom is -0.508 e. The monoisotopic (exact) mass is 154 g/mol. The SMILES string of the molecule is C=CC(C)C1OC(=O)C=C1O. The highest BCUT2D eigenvalue weighted by atomic mass is 16.6. The fraction of sp³-hybridized carbons (Fsp3) is 0.375. The first-order valence-corrected chi connectivity index (χ1v) is 3.39.